The van der Waals surface area contributed by atoms with Crippen LogP contribution in [0.3, 0.4) is 0 Å². The maximum absolute atomic E-state index is 5.87. The van der Waals surface area contributed by atoms with Gasteiger partial charge in [-0.05, 0) is 25.2 Å². The van der Waals surface area contributed by atoms with Crippen LogP contribution in [0.5, 0.6) is 0 Å². The van der Waals surface area contributed by atoms with Crippen LogP contribution in [-0.4, -0.2) is 49.8 Å². The highest BCUT2D eigenvalue weighted by molar-refractivity contribution is 7.99. The van der Waals surface area contributed by atoms with E-state index in [0.29, 0.717) is 5.25 Å². The van der Waals surface area contributed by atoms with Gasteiger partial charge in [-0.25, -0.2) is 0 Å². The Labute approximate surface area is 161 Å². The van der Waals surface area contributed by atoms with Crippen LogP contribution in [0.25, 0.3) is 0 Å². The van der Waals surface area contributed by atoms with E-state index in [1.807, 2.05) is 30.6 Å². The highest BCUT2D eigenvalue weighted by Crippen LogP contribution is 2.25. The molecule has 0 bridgehead atoms. The van der Waals surface area contributed by atoms with E-state index in [1.165, 1.54) is 11.1 Å². The maximum atomic E-state index is 5.87. The van der Waals surface area contributed by atoms with Crippen LogP contribution in [0.4, 0.5) is 0 Å². The molecule has 0 saturated heterocycles. The van der Waals surface area contributed by atoms with Crippen LogP contribution >= 0.6 is 23.5 Å². The van der Waals surface area contributed by atoms with Gasteiger partial charge < -0.3 is 9.64 Å². The molecule has 4 heteroatoms. The molecular formula is C21H29NOS2. The first kappa shape index (κ1) is 20.4. The molecule has 25 heavy (non-hydrogen) atoms. The minimum absolute atomic E-state index is 0.254. The second kappa shape index (κ2) is 11.6. The minimum atomic E-state index is 0.254. The molecule has 0 aliphatic carbocycles. The van der Waals surface area contributed by atoms with Gasteiger partial charge in [-0.1, -0.05) is 60.7 Å². The summed E-state index contributed by atoms with van der Waals surface area (Å²) in [5, 5.41) is 0.462. The van der Waals surface area contributed by atoms with Crippen molar-refractivity contribution in [1.82, 2.24) is 4.90 Å². The van der Waals surface area contributed by atoms with E-state index >= 15 is 0 Å². The molecular weight excluding hydrogens is 346 g/mol. The summed E-state index contributed by atoms with van der Waals surface area (Å²) in [6.07, 6.45) is 0.254. The Morgan fingerprint density at radius 3 is 1.96 bits per heavy atom. The zero-order valence-electron chi connectivity index (χ0n) is 15.4. The molecule has 0 unspecified atom stereocenters. The Hall–Kier alpha value is -0.940. The largest absolute Gasteiger partial charge is 0.379 e. The molecule has 0 aliphatic heterocycles. The fraction of sp³-hybridized carbons (Fsp3) is 0.429. The molecule has 2 aromatic rings. The van der Waals surface area contributed by atoms with Gasteiger partial charge in [-0.3, -0.25) is 0 Å². The highest BCUT2D eigenvalue weighted by atomic mass is 32.2. The molecule has 0 saturated carbocycles. The van der Waals surface area contributed by atoms with Crippen LogP contribution in [-0.2, 0) is 16.2 Å². The van der Waals surface area contributed by atoms with Crippen molar-refractivity contribution in [2.45, 2.75) is 22.9 Å². The lowest BCUT2D eigenvalue weighted by Crippen LogP contribution is -2.36. The molecule has 0 aromatic heterocycles. The average Bonchev–Trinajstić information content (AvgIpc) is 2.64. The number of thioether (sulfide) groups is 2. The van der Waals surface area contributed by atoms with E-state index in [1.54, 1.807) is 0 Å². The Balaban J connectivity index is 1.88. The lowest BCUT2D eigenvalue weighted by atomic mass is 10.2. The number of hydrogen-bond donors (Lipinski definition) is 0. The van der Waals surface area contributed by atoms with Crippen molar-refractivity contribution in [1.29, 1.82) is 0 Å². The number of hydrogen-bond acceptors (Lipinski definition) is 4. The molecule has 0 aliphatic rings. The zero-order chi connectivity index (χ0) is 17.9. The number of rotatable bonds is 11. The molecule has 0 N–H and O–H groups in total. The second-order valence-electron chi connectivity index (χ2n) is 6.37. The summed E-state index contributed by atoms with van der Waals surface area (Å²) in [5.41, 5.74) is 2.76. The Morgan fingerprint density at radius 2 is 1.44 bits per heavy atom. The summed E-state index contributed by atoms with van der Waals surface area (Å²) in [5.74, 6) is 3.09. The van der Waals surface area contributed by atoms with Gasteiger partial charge in [0.1, 0.15) is 0 Å². The van der Waals surface area contributed by atoms with E-state index in [-0.39, 0.29) is 6.10 Å². The summed E-state index contributed by atoms with van der Waals surface area (Å²) in [6, 6.07) is 21.4. The van der Waals surface area contributed by atoms with Gasteiger partial charge in [0.05, 0.1) is 6.10 Å². The molecule has 0 fully saturated rings. The van der Waals surface area contributed by atoms with Crippen LogP contribution in [0, 0.1) is 0 Å². The predicted molar refractivity (Wildman–Crippen MR) is 113 cm³/mol. The van der Waals surface area contributed by atoms with Crippen molar-refractivity contribution in [2.24, 2.45) is 0 Å². The Kier molecular flexibility index (Phi) is 9.48. The molecule has 0 amide bonds. The number of nitrogens with zero attached hydrogens (tertiary/aromatic N) is 1. The molecule has 2 aromatic carbocycles. The molecule has 0 spiro atoms. The van der Waals surface area contributed by atoms with Gasteiger partial charge in [-0.15, -0.1) is 11.8 Å². The molecule has 0 radical (unpaired) electrons. The average molecular weight is 376 g/mol. The quantitative estimate of drug-likeness (QED) is 0.559. The van der Waals surface area contributed by atoms with E-state index in [2.05, 4.69) is 79.7 Å². The van der Waals surface area contributed by atoms with E-state index in [4.69, 9.17) is 4.74 Å². The third kappa shape index (κ3) is 7.87. The fourth-order valence-electron chi connectivity index (χ4n) is 2.61. The van der Waals surface area contributed by atoms with E-state index in [9.17, 15) is 0 Å². The van der Waals surface area contributed by atoms with Crippen molar-refractivity contribution < 1.29 is 4.74 Å². The summed E-state index contributed by atoms with van der Waals surface area (Å²) in [4.78, 5) is 2.26. The summed E-state index contributed by atoms with van der Waals surface area (Å²) >= 11 is 3.96. The number of benzene rings is 2. The monoisotopic (exact) mass is 375 g/mol. The maximum Gasteiger partial charge on any atom is 0.0792 e. The Morgan fingerprint density at radius 1 is 0.880 bits per heavy atom. The zero-order valence-corrected chi connectivity index (χ0v) is 17.1. The van der Waals surface area contributed by atoms with Crippen molar-refractivity contribution in [3.8, 4) is 0 Å². The van der Waals surface area contributed by atoms with Gasteiger partial charge in [0.25, 0.3) is 0 Å². The van der Waals surface area contributed by atoms with Gasteiger partial charge in [0, 0.05) is 36.2 Å². The van der Waals surface area contributed by atoms with Crippen LogP contribution < -0.4 is 0 Å². The van der Waals surface area contributed by atoms with E-state index in [0.717, 1.165) is 23.8 Å². The first-order chi connectivity index (χ1) is 12.2. The first-order valence-corrected chi connectivity index (χ1v) is 10.8. The first-order valence-electron chi connectivity index (χ1n) is 8.63. The second-order valence-corrected chi connectivity index (χ2v) is 8.63. The molecule has 2 nitrogen and oxygen atoms in total. The summed E-state index contributed by atoms with van der Waals surface area (Å²) in [6.45, 7) is 1.03. The smallest absolute Gasteiger partial charge is 0.0792 e. The molecule has 2 atom stereocenters. The Bertz CT molecular complexity index is 577. The van der Waals surface area contributed by atoms with Crippen molar-refractivity contribution >= 4 is 23.5 Å². The fourth-order valence-corrected chi connectivity index (χ4v) is 5.30. The van der Waals surface area contributed by atoms with Gasteiger partial charge in [0.2, 0.25) is 0 Å². The third-order valence-electron chi connectivity index (χ3n) is 3.96. The molecule has 2 rings (SSSR count). The summed E-state index contributed by atoms with van der Waals surface area (Å²) < 4.78 is 5.87. The van der Waals surface area contributed by atoms with Crippen molar-refractivity contribution in [2.75, 3.05) is 33.5 Å². The lowest BCUT2D eigenvalue weighted by Gasteiger charge is -2.28. The number of ether oxygens (including phenoxy) is 1. The molecule has 136 valence electrons. The molecule has 0 heterocycles. The minimum Gasteiger partial charge on any atom is -0.379 e. The SMILES string of the molecule is CO[C@H](CSCc1ccccc1)[C@H](CN(C)C)SCc1ccccc1. The topological polar surface area (TPSA) is 12.5 Å². The van der Waals surface area contributed by atoms with Crippen LogP contribution in [0.2, 0.25) is 0 Å². The van der Waals surface area contributed by atoms with E-state index < -0.39 is 0 Å². The van der Waals surface area contributed by atoms with Crippen LogP contribution in [0.15, 0.2) is 60.7 Å². The van der Waals surface area contributed by atoms with Gasteiger partial charge >= 0.3 is 0 Å². The van der Waals surface area contributed by atoms with Gasteiger partial charge in [-0.2, -0.15) is 11.8 Å². The highest BCUT2D eigenvalue weighted by Gasteiger charge is 2.22. The normalized spacial score (nSPS) is 13.8. The lowest BCUT2D eigenvalue weighted by molar-refractivity contribution is 0.112. The number of methoxy groups -OCH3 is 1. The third-order valence-corrected chi connectivity index (χ3v) is 6.45. The van der Waals surface area contributed by atoms with Crippen molar-refractivity contribution in [3.05, 3.63) is 71.8 Å². The van der Waals surface area contributed by atoms with Crippen LogP contribution in [0.1, 0.15) is 11.1 Å². The standard InChI is InChI=1S/C21H29NOS2/c1-22(2)14-21(25-16-19-12-8-5-9-13-19)20(23-3)17-24-15-18-10-6-4-7-11-18/h4-13,20-21H,14-17H2,1-3H3/t20-,21+/m1/s1. The summed E-state index contributed by atoms with van der Waals surface area (Å²) in [7, 11) is 6.12. The predicted octanol–water partition coefficient (Wildman–Crippen LogP) is 4.80. The van der Waals surface area contributed by atoms with Crippen molar-refractivity contribution in [3.63, 3.8) is 0 Å². The van der Waals surface area contributed by atoms with Gasteiger partial charge in [0.15, 0.2) is 0 Å².